The Kier molecular flexibility index (Phi) is 4.93. The summed E-state index contributed by atoms with van der Waals surface area (Å²) in [5.74, 6) is 1.93. The lowest BCUT2D eigenvalue weighted by atomic mass is 10.3. The second-order valence-electron chi connectivity index (χ2n) is 5.44. The second-order valence-corrected chi connectivity index (χ2v) is 8.54. The molecule has 128 valence electrons. The van der Waals surface area contributed by atoms with E-state index in [4.69, 9.17) is 11.6 Å². The van der Waals surface area contributed by atoms with Gasteiger partial charge >= 0.3 is 0 Å². The van der Waals surface area contributed by atoms with Crippen LogP contribution in [-0.4, -0.2) is 49.1 Å². The zero-order valence-corrected chi connectivity index (χ0v) is 15.5. The molecule has 3 aromatic rings. The molecule has 1 aliphatic rings. The smallest absolute Gasteiger partial charge is 0.225 e. The van der Waals surface area contributed by atoms with Crippen LogP contribution in [0.15, 0.2) is 46.6 Å². The van der Waals surface area contributed by atoms with Crippen LogP contribution in [0, 0.1) is 0 Å². The fraction of sp³-hybridized carbons (Fsp3) is 0.250. The normalized spacial score (nSPS) is 15.7. The lowest BCUT2D eigenvalue weighted by Crippen LogP contribution is -2.41. The Hall–Kier alpha value is -1.61. The van der Waals surface area contributed by atoms with Crippen molar-refractivity contribution in [3.05, 3.63) is 41.9 Å². The molecule has 0 aliphatic carbocycles. The number of hydrogen-bond acceptors (Lipinski definition) is 7. The molecule has 1 aromatic carbocycles. The monoisotopic (exact) mass is 391 g/mol. The molecule has 0 saturated carbocycles. The first-order valence-electron chi connectivity index (χ1n) is 7.72. The molecule has 2 aromatic heterocycles. The fourth-order valence-electron chi connectivity index (χ4n) is 2.63. The number of rotatable bonds is 3. The van der Waals surface area contributed by atoms with Crippen LogP contribution in [0.25, 0.3) is 11.0 Å². The van der Waals surface area contributed by atoms with Crippen molar-refractivity contribution in [2.75, 3.05) is 29.5 Å². The molecule has 0 unspecified atom stereocenters. The highest BCUT2D eigenvalue weighted by Crippen LogP contribution is 2.33. The van der Waals surface area contributed by atoms with Crippen molar-refractivity contribution in [2.45, 2.75) is 9.92 Å². The van der Waals surface area contributed by atoms with Crippen molar-refractivity contribution in [2.24, 2.45) is 0 Å². The Labute approximate surface area is 157 Å². The SMILES string of the molecule is [O-][S+]1CCN(c2nc(Cl)nc3c(Sc4ccccc4)ncnc23)CC1. The lowest BCUT2D eigenvalue weighted by Gasteiger charge is -2.29. The summed E-state index contributed by atoms with van der Waals surface area (Å²) in [7, 11) is 0. The van der Waals surface area contributed by atoms with Crippen molar-refractivity contribution in [3.63, 3.8) is 0 Å². The van der Waals surface area contributed by atoms with Crippen molar-refractivity contribution in [3.8, 4) is 0 Å². The Balaban J connectivity index is 1.77. The van der Waals surface area contributed by atoms with Crippen LogP contribution in [-0.2, 0) is 11.2 Å². The molecular formula is C16H14ClN5OS2. The van der Waals surface area contributed by atoms with Crippen LogP contribution in [0.1, 0.15) is 0 Å². The van der Waals surface area contributed by atoms with Gasteiger partial charge in [-0.15, -0.1) is 0 Å². The molecule has 3 heterocycles. The summed E-state index contributed by atoms with van der Waals surface area (Å²) < 4.78 is 11.6. The van der Waals surface area contributed by atoms with Gasteiger partial charge in [-0.05, 0) is 23.7 Å². The van der Waals surface area contributed by atoms with Crippen LogP contribution >= 0.6 is 23.4 Å². The first kappa shape index (κ1) is 16.8. The van der Waals surface area contributed by atoms with Gasteiger partial charge < -0.3 is 9.45 Å². The minimum atomic E-state index is -0.760. The molecule has 1 fully saturated rings. The summed E-state index contributed by atoms with van der Waals surface area (Å²) in [6.45, 7) is 1.33. The van der Waals surface area contributed by atoms with Crippen LogP contribution in [0.4, 0.5) is 5.82 Å². The summed E-state index contributed by atoms with van der Waals surface area (Å²) in [5, 5.41) is 0.904. The number of nitrogens with zero attached hydrogens (tertiary/aromatic N) is 5. The van der Waals surface area contributed by atoms with Gasteiger partial charge in [0.05, 0.1) is 13.1 Å². The number of anilines is 1. The molecule has 6 nitrogen and oxygen atoms in total. The van der Waals surface area contributed by atoms with E-state index in [1.807, 2.05) is 30.3 Å². The molecule has 0 radical (unpaired) electrons. The molecule has 1 aliphatic heterocycles. The standard InChI is InChI=1S/C16H14ClN5OS2/c17-16-20-13-12(14(21-16)22-6-8-25(23)9-7-22)18-10-19-15(13)24-11-4-2-1-3-5-11/h1-5,10H,6-9H2. The molecule has 25 heavy (non-hydrogen) atoms. The zero-order valence-electron chi connectivity index (χ0n) is 13.1. The van der Waals surface area contributed by atoms with Gasteiger partial charge in [-0.3, -0.25) is 0 Å². The van der Waals surface area contributed by atoms with E-state index >= 15 is 0 Å². The average Bonchev–Trinajstić information content (AvgIpc) is 2.63. The van der Waals surface area contributed by atoms with Crippen molar-refractivity contribution in [1.29, 1.82) is 0 Å². The molecule has 0 amide bonds. The quantitative estimate of drug-likeness (QED) is 0.386. The Morgan fingerprint density at radius 1 is 1.04 bits per heavy atom. The molecule has 1 saturated heterocycles. The van der Waals surface area contributed by atoms with E-state index in [9.17, 15) is 4.55 Å². The van der Waals surface area contributed by atoms with Gasteiger partial charge in [-0.1, -0.05) is 41.1 Å². The summed E-state index contributed by atoms with van der Waals surface area (Å²) in [4.78, 5) is 20.6. The van der Waals surface area contributed by atoms with E-state index in [0.29, 0.717) is 41.4 Å². The highest BCUT2D eigenvalue weighted by Gasteiger charge is 2.24. The van der Waals surface area contributed by atoms with E-state index in [-0.39, 0.29) is 5.28 Å². The van der Waals surface area contributed by atoms with Crippen LogP contribution in [0.2, 0.25) is 5.28 Å². The van der Waals surface area contributed by atoms with E-state index in [1.165, 1.54) is 18.1 Å². The minimum absolute atomic E-state index is 0.166. The third-order valence-corrected chi connectivity index (χ3v) is 6.28. The maximum atomic E-state index is 11.6. The first-order valence-corrected chi connectivity index (χ1v) is 10.4. The maximum absolute atomic E-state index is 11.6. The summed E-state index contributed by atoms with van der Waals surface area (Å²) >= 11 is 6.93. The van der Waals surface area contributed by atoms with Crippen molar-refractivity contribution in [1.82, 2.24) is 19.9 Å². The Morgan fingerprint density at radius 2 is 1.80 bits per heavy atom. The number of aromatic nitrogens is 4. The van der Waals surface area contributed by atoms with E-state index in [0.717, 1.165) is 9.92 Å². The highest BCUT2D eigenvalue weighted by atomic mass is 35.5. The van der Waals surface area contributed by atoms with Crippen LogP contribution in [0.5, 0.6) is 0 Å². The summed E-state index contributed by atoms with van der Waals surface area (Å²) in [6, 6.07) is 9.96. The van der Waals surface area contributed by atoms with Gasteiger partial charge in [0, 0.05) is 4.90 Å². The molecule has 9 heteroatoms. The van der Waals surface area contributed by atoms with Gasteiger partial charge in [-0.25, -0.2) is 15.0 Å². The molecule has 0 N–H and O–H groups in total. The van der Waals surface area contributed by atoms with Gasteiger partial charge in [0.15, 0.2) is 5.82 Å². The molecule has 0 spiro atoms. The zero-order chi connectivity index (χ0) is 17.2. The van der Waals surface area contributed by atoms with Crippen molar-refractivity contribution < 1.29 is 4.55 Å². The Bertz CT molecular complexity index is 890. The first-order chi connectivity index (χ1) is 12.2. The molecule has 0 bridgehead atoms. The summed E-state index contributed by atoms with van der Waals surface area (Å²) in [5.41, 5.74) is 1.31. The van der Waals surface area contributed by atoms with Crippen molar-refractivity contribution >= 4 is 51.4 Å². The Morgan fingerprint density at radius 3 is 2.56 bits per heavy atom. The number of benzene rings is 1. The highest BCUT2D eigenvalue weighted by molar-refractivity contribution is 7.99. The maximum Gasteiger partial charge on any atom is 0.225 e. The van der Waals surface area contributed by atoms with Crippen LogP contribution in [0.3, 0.4) is 0 Å². The van der Waals surface area contributed by atoms with E-state index in [1.54, 1.807) is 0 Å². The predicted molar refractivity (Wildman–Crippen MR) is 101 cm³/mol. The van der Waals surface area contributed by atoms with Gasteiger partial charge in [0.2, 0.25) is 5.28 Å². The number of hydrogen-bond donors (Lipinski definition) is 0. The van der Waals surface area contributed by atoms with Gasteiger partial charge in [0.25, 0.3) is 0 Å². The van der Waals surface area contributed by atoms with E-state index < -0.39 is 11.2 Å². The average molecular weight is 392 g/mol. The summed E-state index contributed by atoms with van der Waals surface area (Å²) in [6.07, 6.45) is 1.52. The predicted octanol–water partition coefficient (Wildman–Crippen LogP) is 2.79. The largest absolute Gasteiger partial charge is 0.616 e. The molecule has 4 rings (SSSR count). The third-order valence-electron chi connectivity index (χ3n) is 3.84. The molecule has 0 atom stereocenters. The number of fused-ring (bicyclic) bond motifs is 1. The second kappa shape index (κ2) is 7.33. The topological polar surface area (TPSA) is 77.9 Å². The third kappa shape index (κ3) is 3.67. The fourth-order valence-corrected chi connectivity index (χ4v) is 4.70. The lowest BCUT2D eigenvalue weighted by molar-refractivity contribution is 0.585. The van der Waals surface area contributed by atoms with Gasteiger partial charge in [-0.2, -0.15) is 4.98 Å². The minimum Gasteiger partial charge on any atom is -0.616 e. The van der Waals surface area contributed by atoms with Crippen LogP contribution < -0.4 is 4.90 Å². The number of halogens is 1. The molecular weight excluding hydrogens is 378 g/mol. The van der Waals surface area contributed by atoms with E-state index in [2.05, 4.69) is 24.8 Å². The van der Waals surface area contributed by atoms with Gasteiger partial charge in [0.1, 0.15) is 33.9 Å².